The minimum absolute atomic E-state index is 0.0978. The van der Waals surface area contributed by atoms with E-state index in [2.05, 4.69) is 20.9 Å². The van der Waals surface area contributed by atoms with Gasteiger partial charge < -0.3 is 5.11 Å². The Balaban J connectivity index is 0.00000100. The van der Waals surface area contributed by atoms with Gasteiger partial charge in [-0.3, -0.25) is 9.20 Å². The number of benzene rings is 1. The molecule has 5 heteroatoms. The zero-order chi connectivity index (χ0) is 17.9. The van der Waals surface area contributed by atoms with Gasteiger partial charge in [-0.15, -0.1) is 0 Å². The second kappa shape index (κ2) is 7.62. The maximum atomic E-state index is 13.0. The van der Waals surface area contributed by atoms with E-state index in [4.69, 9.17) is 0 Å². The molecule has 0 spiro atoms. The van der Waals surface area contributed by atoms with Gasteiger partial charge in [-0.05, 0) is 59.1 Å². The highest BCUT2D eigenvalue weighted by atomic mass is 79.9. The minimum atomic E-state index is -0.0978. The molecule has 0 radical (unpaired) electrons. The van der Waals surface area contributed by atoms with Crippen molar-refractivity contribution in [1.29, 1.82) is 0 Å². The Labute approximate surface area is 150 Å². The van der Waals surface area contributed by atoms with Crippen LogP contribution in [0.25, 0.3) is 5.65 Å². The number of phenolic OH excluding ortho intramolecular Hbond substituents is 1. The molecule has 2 aromatic heterocycles. The van der Waals surface area contributed by atoms with E-state index >= 15 is 0 Å². The number of aromatic hydroxyl groups is 1. The molecular formula is C19H21BrN2O2. The fourth-order valence-corrected chi connectivity index (χ4v) is 3.10. The molecule has 1 N–H and O–H groups in total. The quantitative estimate of drug-likeness (QED) is 0.647. The fraction of sp³-hybridized carbons (Fsp3) is 0.263. The summed E-state index contributed by atoms with van der Waals surface area (Å²) in [7, 11) is 0. The summed E-state index contributed by atoms with van der Waals surface area (Å²) in [4.78, 5) is 17.5. The number of phenols is 1. The smallest absolute Gasteiger partial charge is 0.211 e. The topological polar surface area (TPSA) is 54.6 Å². The zero-order valence-corrected chi connectivity index (χ0v) is 15.9. The van der Waals surface area contributed by atoms with Gasteiger partial charge in [0.1, 0.15) is 17.1 Å². The van der Waals surface area contributed by atoms with Crippen LogP contribution in [-0.2, 0) is 6.42 Å². The van der Waals surface area contributed by atoms with Gasteiger partial charge in [0, 0.05) is 11.8 Å². The maximum absolute atomic E-state index is 13.0. The standard InChI is InChI=1S/C17H15BrN2O2.C2H6/c1-3-13-15(20-7-5-4-6-14(20)19-13)17(22)11-8-10(2)16(21)12(18)9-11;1-2/h4-9,21H,3H2,1-2H3;1-2H3. The Morgan fingerprint density at radius 2 is 2.00 bits per heavy atom. The highest BCUT2D eigenvalue weighted by Crippen LogP contribution is 2.30. The van der Waals surface area contributed by atoms with Crippen LogP contribution in [0.4, 0.5) is 0 Å². The first-order valence-corrected chi connectivity index (χ1v) is 8.82. The number of rotatable bonds is 3. The average molecular weight is 389 g/mol. The van der Waals surface area contributed by atoms with Crippen molar-refractivity contribution in [1.82, 2.24) is 9.38 Å². The number of imidazole rings is 1. The van der Waals surface area contributed by atoms with E-state index in [9.17, 15) is 9.90 Å². The van der Waals surface area contributed by atoms with E-state index in [1.165, 1.54) is 0 Å². The van der Waals surface area contributed by atoms with Crippen LogP contribution in [0.3, 0.4) is 0 Å². The summed E-state index contributed by atoms with van der Waals surface area (Å²) in [5, 5.41) is 9.84. The highest BCUT2D eigenvalue weighted by molar-refractivity contribution is 9.10. The Kier molecular flexibility index (Phi) is 5.78. The molecule has 24 heavy (non-hydrogen) atoms. The van der Waals surface area contributed by atoms with E-state index in [1.54, 1.807) is 19.1 Å². The molecule has 0 bridgehead atoms. The number of fused-ring (bicyclic) bond motifs is 1. The van der Waals surface area contributed by atoms with Crippen molar-refractivity contribution in [3.63, 3.8) is 0 Å². The molecule has 0 aliphatic rings. The van der Waals surface area contributed by atoms with Gasteiger partial charge in [-0.25, -0.2) is 4.98 Å². The summed E-state index contributed by atoms with van der Waals surface area (Å²) < 4.78 is 2.33. The first-order valence-electron chi connectivity index (χ1n) is 8.02. The van der Waals surface area contributed by atoms with E-state index < -0.39 is 0 Å². The van der Waals surface area contributed by atoms with Crippen molar-refractivity contribution in [2.75, 3.05) is 0 Å². The summed E-state index contributed by atoms with van der Waals surface area (Å²) in [6, 6.07) is 9.00. The third kappa shape index (κ3) is 3.22. The average Bonchev–Trinajstić information content (AvgIpc) is 2.98. The van der Waals surface area contributed by atoms with E-state index in [-0.39, 0.29) is 11.5 Å². The van der Waals surface area contributed by atoms with Gasteiger partial charge in [-0.1, -0.05) is 26.8 Å². The third-order valence-corrected chi connectivity index (χ3v) is 4.27. The maximum Gasteiger partial charge on any atom is 0.211 e. The lowest BCUT2D eigenvalue weighted by atomic mass is 10.0. The lowest BCUT2D eigenvalue weighted by molar-refractivity contribution is 0.103. The van der Waals surface area contributed by atoms with Crippen LogP contribution in [0.1, 0.15) is 48.1 Å². The third-order valence-electron chi connectivity index (χ3n) is 3.67. The molecule has 0 atom stereocenters. The Morgan fingerprint density at radius 3 is 2.62 bits per heavy atom. The first kappa shape index (κ1) is 18.2. The van der Waals surface area contributed by atoms with Crippen LogP contribution in [0, 0.1) is 6.92 Å². The predicted molar refractivity (Wildman–Crippen MR) is 99.9 cm³/mol. The molecule has 4 nitrogen and oxygen atoms in total. The molecule has 0 saturated heterocycles. The largest absolute Gasteiger partial charge is 0.506 e. The summed E-state index contributed by atoms with van der Waals surface area (Å²) >= 11 is 3.29. The van der Waals surface area contributed by atoms with Gasteiger partial charge in [0.05, 0.1) is 10.2 Å². The van der Waals surface area contributed by atoms with Gasteiger partial charge in [-0.2, -0.15) is 0 Å². The molecule has 126 valence electrons. The molecule has 3 rings (SSSR count). The second-order valence-corrected chi connectivity index (χ2v) is 6.00. The lowest BCUT2D eigenvalue weighted by Crippen LogP contribution is -2.08. The molecule has 1 aromatic carbocycles. The monoisotopic (exact) mass is 388 g/mol. The minimum Gasteiger partial charge on any atom is -0.506 e. The summed E-state index contributed by atoms with van der Waals surface area (Å²) in [5.74, 6) is 0.0600. The van der Waals surface area contributed by atoms with Crippen molar-refractivity contribution in [2.24, 2.45) is 0 Å². The summed E-state index contributed by atoms with van der Waals surface area (Å²) in [6.07, 6.45) is 2.53. The normalized spacial score (nSPS) is 10.4. The van der Waals surface area contributed by atoms with Crippen LogP contribution < -0.4 is 0 Å². The van der Waals surface area contributed by atoms with Gasteiger partial charge in [0.15, 0.2) is 0 Å². The lowest BCUT2D eigenvalue weighted by Gasteiger charge is -2.07. The zero-order valence-electron chi connectivity index (χ0n) is 14.3. The van der Waals surface area contributed by atoms with Gasteiger partial charge >= 0.3 is 0 Å². The van der Waals surface area contributed by atoms with Crippen molar-refractivity contribution in [3.8, 4) is 5.75 Å². The Hall–Kier alpha value is -2.14. The van der Waals surface area contributed by atoms with E-state index in [0.717, 1.165) is 11.3 Å². The van der Waals surface area contributed by atoms with Crippen molar-refractivity contribution in [3.05, 3.63) is 63.5 Å². The molecule has 0 aliphatic heterocycles. The first-order chi connectivity index (χ1) is 11.5. The van der Waals surface area contributed by atoms with E-state index in [1.807, 2.05) is 49.6 Å². The number of hydrogen-bond donors (Lipinski definition) is 1. The number of aryl methyl sites for hydroxylation is 2. The Bertz CT molecular complexity index is 861. The number of halogens is 1. The van der Waals surface area contributed by atoms with Crippen LogP contribution in [0.2, 0.25) is 0 Å². The molecule has 0 amide bonds. The number of carbonyl (C=O) groups is 1. The number of hydrogen-bond acceptors (Lipinski definition) is 3. The highest BCUT2D eigenvalue weighted by Gasteiger charge is 2.20. The predicted octanol–water partition coefficient (Wildman–Crippen LogP) is 4.93. The molecule has 0 saturated carbocycles. The van der Waals surface area contributed by atoms with Crippen molar-refractivity contribution >= 4 is 27.4 Å². The fourth-order valence-electron chi connectivity index (χ4n) is 2.54. The Morgan fingerprint density at radius 1 is 1.29 bits per heavy atom. The molecule has 2 heterocycles. The molecule has 3 aromatic rings. The molecule has 0 fully saturated rings. The second-order valence-electron chi connectivity index (χ2n) is 5.14. The van der Waals surface area contributed by atoms with Gasteiger partial charge in [0.25, 0.3) is 0 Å². The summed E-state index contributed by atoms with van der Waals surface area (Å²) in [5.41, 5.74) is 3.30. The van der Waals surface area contributed by atoms with Crippen LogP contribution in [-0.4, -0.2) is 20.3 Å². The number of aromatic nitrogens is 2. The number of nitrogens with zero attached hydrogens (tertiary/aromatic N) is 2. The van der Waals surface area contributed by atoms with Crippen LogP contribution in [0.5, 0.6) is 5.75 Å². The van der Waals surface area contributed by atoms with Crippen LogP contribution >= 0.6 is 15.9 Å². The molecule has 0 aliphatic carbocycles. The molecule has 0 unspecified atom stereocenters. The summed E-state index contributed by atoms with van der Waals surface area (Å²) in [6.45, 7) is 7.75. The van der Waals surface area contributed by atoms with Crippen molar-refractivity contribution in [2.45, 2.75) is 34.1 Å². The van der Waals surface area contributed by atoms with E-state index in [0.29, 0.717) is 27.7 Å². The SMILES string of the molecule is CC.CCc1nc2ccccn2c1C(=O)c1cc(C)c(O)c(Br)c1. The number of carbonyl (C=O) groups excluding carboxylic acids is 1. The van der Waals surface area contributed by atoms with Crippen LogP contribution in [0.15, 0.2) is 41.0 Å². The number of ketones is 1. The van der Waals surface area contributed by atoms with Crippen molar-refractivity contribution < 1.29 is 9.90 Å². The number of pyridine rings is 1. The molecular weight excluding hydrogens is 368 g/mol. The van der Waals surface area contributed by atoms with Gasteiger partial charge in [0.2, 0.25) is 5.78 Å².